The van der Waals surface area contributed by atoms with Crippen molar-refractivity contribution in [2.24, 2.45) is 0 Å². The number of rotatable bonds is 6. The van der Waals surface area contributed by atoms with Crippen LogP contribution in [-0.2, 0) is 4.74 Å². The quantitative estimate of drug-likeness (QED) is 0.541. The van der Waals surface area contributed by atoms with Crippen molar-refractivity contribution in [1.29, 1.82) is 0 Å². The third kappa shape index (κ3) is 3.98. The fraction of sp³-hybridized carbons (Fsp3) is 0.174. The Labute approximate surface area is 163 Å². The van der Waals surface area contributed by atoms with E-state index >= 15 is 0 Å². The smallest absolute Gasteiger partial charge is 0.338 e. The van der Waals surface area contributed by atoms with E-state index in [0.29, 0.717) is 22.6 Å². The molecule has 0 bridgehead atoms. The first kappa shape index (κ1) is 19.4. The molecule has 0 aliphatic carbocycles. The van der Waals surface area contributed by atoms with Crippen molar-refractivity contribution in [2.45, 2.75) is 6.92 Å². The van der Waals surface area contributed by atoms with Gasteiger partial charge >= 0.3 is 5.97 Å². The van der Waals surface area contributed by atoms with Gasteiger partial charge in [-0.1, -0.05) is 24.3 Å². The van der Waals surface area contributed by atoms with E-state index in [-0.39, 0.29) is 12.4 Å². The van der Waals surface area contributed by atoms with Gasteiger partial charge in [0.2, 0.25) is 0 Å². The lowest BCUT2D eigenvalue weighted by molar-refractivity contribution is 0.0527. The summed E-state index contributed by atoms with van der Waals surface area (Å²) in [6, 6.07) is 17.1. The molecule has 0 amide bonds. The highest BCUT2D eigenvalue weighted by Crippen LogP contribution is 2.36. The SMILES string of the molecule is CCOC(=O)c1ccc(-c2ccc(F)cc2)cc1-c1ccc(OC)c(OC)c1. The highest BCUT2D eigenvalue weighted by molar-refractivity contribution is 5.98. The standard InChI is InChI=1S/C23H21FO4/c1-4-28-23(25)19-11-7-16(15-5-9-18(24)10-6-15)13-20(19)17-8-12-21(26-2)22(14-17)27-3/h5-14H,4H2,1-3H3. The molecule has 0 N–H and O–H groups in total. The molecule has 3 aromatic carbocycles. The van der Waals surface area contributed by atoms with Gasteiger partial charge in [-0.25, -0.2) is 9.18 Å². The Kier molecular flexibility index (Phi) is 5.94. The molecule has 0 aromatic heterocycles. The van der Waals surface area contributed by atoms with Gasteiger partial charge in [0.15, 0.2) is 11.5 Å². The van der Waals surface area contributed by atoms with Crippen molar-refractivity contribution in [1.82, 2.24) is 0 Å². The Morgan fingerprint density at radius 2 is 1.46 bits per heavy atom. The number of methoxy groups -OCH3 is 2. The molecule has 0 spiro atoms. The van der Waals surface area contributed by atoms with Crippen LogP contribution in [0.3, 0.4) is 0 Å². The summed E-state index contributed by atoms with van der Waals surface area (Å²) in [6.07, 6.45) is 0. The second-order valence-electron chi connectivity index (χ2n) is 6.06. The second kappa shape index (κ2) is 8.57. The van der Waals surface area contributed by atoms with E-state index in [1.165, 1.54) is 12.1 Å². The number of hydrogen-bond donors (Lipinski definition) is 0. The van der Waals surface area contributed by atoms with Gasteiger partial charge in [0.1, 0.15) is 5.82 Å². The van der Waals surface area contributed by atoms with Crippen LogP contribution >= 0.6 is 0 Å². The average molecular weight is 380 g/mol. The number of hydrogen-bond acceptors (Lipinski definition) is 4. The van der Waals surface area contributed by atoms with Crippen LogP contribution in [0.4, 0.5) is 4.39 Å². The summed E-state index contributed by atoms with van der Waals surface area (Å²) in [6.45, 7) is 2.05. The maximum atomic E-state index is 13.3. The molecule has 0 aliphatic heterocycles. The fourth-order valence-electron chi connectivity index (χ4n) is 3.00. The summed E-state index contributed by atoms with van der Waals surface area (Å²) < 4.78 is 29.2. The lowest BCUT2D eigenvalue weighted by Gasteiger charge is -2.14. The van der Waals surface area contributed by atoms with Crippen LogP contribution in [0.5, 0.6) is 11.5 Å². The fourth-order valence-corrected chi connectivity index (χ4v) is 3.00. The third-order valence-electron chi connectivity index (χ3n) is 4.39. The van der Waals surface area contributed by atoms with Gasteiger partial charge < -0.3 is 14.2 Å². The van der Waals surface area contributed by atoms with Crippen molar-refractivity contribution in [3.8, 4) is 33.8 Å². The van der Waals surface area contributed by atoms with Crippen LogP contribution < -0.4 is 9.47 Å². The maximum absolute atomic E-state index is 13.3. The molecule has 3 rings (SSSR count). The van der Waals surface area contributed by atoms with Crippen LogP contribution in [0.2, 0.25) is 0 Å². The second-order valence-corrected chi connectivity index (χ2v) is 6.06. The van der Waals surface area contributed by atoms with Crippen molar-refractivity contribution in [2.75, 3.05) is 20.8 Å². The normalized spacial score (nSPS) is 10.4. The molecule has 0 saturated carbocycles. The predicted octanol–water partition coefficient (Wildman–Crippen LogP) is 5.35. The molecule has 0 heterocycles. The van der Waals surface area contributed by atoms with Gasteiger partial charge in [-0.3, -0.25) is 0 Å². The zero-order valence-electron chi connectivity index (χ0n) is 16.0. The van der Waals surface area contributed by atoms with Crippen molar-refractivity contribution >= 4 is 5.97 Å². The average Bonchev–Trinajstić information content (AvgIpc) is 2.73. The van der Waals surface area contributed by atoms with E-state index in [4.69, 9.17) is 14.2 Å². The predicted molar refractivity (Wildman–Crippen MR) is 106 cm³/mol. The van der Waals surface area contributed by atoms with Gasteiger partial charge in [0.05, 0.1) is 26.4 Å². The molecule has 28 heavy (non-hydrogen) atoms. The van der Waals surface area contributed by atoms with Crippen LogP contribution in [0.15, 0.2) is 60.7 Å². The Hall–Kier alpha value is -3.34. The zero-order valence-corrected chi connectivity index (χ0v) is 16.0. The number of carbonyl (C=O) groups is 1. The van der Waals surface area contributed by atoms with Crippen molar-refractivity contribution < 1.29 is 23.4 Å². The molecule has 0 fully saturated rings. The molecule has 5 heteroatoms. The number of ether oxygens (including phenoxy) is 3. The van der Waals surface area contributed by atoms with E-state index in [1.54, 1.807) is 45.4 Å². The molecule has 0 radical (unpaired) electrons. The highest BCUT2D eigenvalue weighted by atomic mass is 19.1. The minimum Gasteiger partial charge on any atom is -0.493 e. The highest BCUT2D eigenvalue weighted by Gasteiger charge is 2.17. The monoisotopic (exact) mass is 380 g/mol. The summed E-state index contributed by atoms with van der Waals surface area (Å²) in [5.74, 6) is 0.450. The summed E-state index contributed by atoms with van der Waals surface area (Å²) in [7, 11) is 3.12. The molecule has 0 unspecified atom stereocenters. The molecule has 0 saturated heterocycles. The number of carbonyl (C=O) groups excluding carboxylic acids is 1. The summed E-state index contributed by atoms with van der Waals surface area (Å²) in [4.78, 5) is 12.5. The lowest BCUT2D eigenvalue weighted by atomic mass is 9.94. The van der Waals surface area contributed by atoms with Crippen LogP contribution in [-0.4, -0.2) is 26.8 Å². The first-order chi connectivity index (χ1) is 13.6. The lowest BCUT2D eigenvalue weighted by Crippen LogP contribution is -2.06. The summed E-state index contributed by atoms with van der Waals surface area (Å²) in [5.41, 5.74) is 3.63. The first-order valence-corrected chi connectivity index (χ1v) is 8.87. The Morgan fingerprint density at radius 3 is 2.11 bits per heavy atom. The topological polar surface area (TPSA) is 44.8 Å². The molecule has 3 aromatic rings. The van der Waals surface area contributed by atoms with E-state index < -0.39 is 5.97 Å². The molecule has 4 nitrogen and oxygen atoms in total. The largest absolute Gasteiger partial charge is 0.493 e. The molecule has 0 atom stereocenters. The first-order valence-electron chi connectivity index (χ1n) is 8.87. The Morgan fingerprint density at radius 1 is 0.821 bits per heavy atom. The van der Waals surface area contributed by atoms with Crippen LogP contribution in [0, 0.1) is 5.82 Å². The van der Waals surface area contributed by atoms with Crippen LogP contribution in [0.25, 0.3) is 22.3 Å². The van der Waals surface area contributed by atoms with Gasteiger partial charge in [-0.2, -0.15) is 0 Å². The van der Waals surface area contributed by atoms with Crippen LogP contribution in [0.1, 0.15) is 17.3 Å². The third-order valence-corrected chi connectivity index (χ3v) is 4.39. The zero-order chi connectivity index (χ0) is 20.1. The molecular weight excluding hydrogens is 359 g/mol. The number of esters is 1. The maximum Gasteiger partial charge on any atom is 0.338 e. The van der Waals surface area contributed by atoms with E-state index in [9.17, 15) is 9.18 Å². The van der Waals surface area contributed by atoms with Crippen molar-refractivity contribution in [3.63, 3.8) is 0 Å². The van der Waals surface area contributed by atoms with Gasteiger partial charge in [0, 0.05) is 0 Å². The van der Waals surface area contributed by atoms with E-state index in [0.717, 1.165) is 16.7 Å². The Balaban J connectivity index is 2.16. The van der Waals surface area contributed by atoms with E-state index in [1.807, 2.05) is 24.3 Å². The minimum atomic E-state index is -0.405. The molecular formula is C23H21FO4. The minimum absolute atomic E-state index is 0.282. The molecule has 144 valence electrons. The Bertz CT molecular complexity index is 980. The van der Waals surface area contributed by atoms with Crippen molar-refractivity contribution in [3.05, 3.63) is 72.0 Å². The summed E-state index contributed by atoms with van der Waals surface area (Å²) >= 11 is 0. The molecule has 0 aliphatic rings. The van der Waals surface area contributed by atoms with Gasteiger partial charge in [-0.05, 0) is 65.6 Å². The van der Waals surface area contributed by atoms with Gasteiger partial charge in [-0.15, -0.1) is 0 Å². The van der Waals surface area contributed by atoms with Gasteiger partial charge in [0.25, 0.3) is 0 Å². The van der Waals surface area contributed by atoms with E-state index in [2.05, 4.69) is 0 Å². The summed E-state index contributed by atoms with van der Waals surface area (Å²) in [5, 5.41) is 0. The number of halogens is 1. The number of benzene rings is 3.